The minimum absolute atomic E-state index is 0.0894. The van der Waals surface area contributed by atoms with Crippen LogP contribution in [0.3, 0.4) is 0 Å². The predicted molar refractivity (Wildman–Crippen MR) is 150 cm³/mol. The number of ether oxygens (including phenoxy) is 2. The molecule has 0 fully saturated rings. The third-order valence-corrected chi connectivity index (χ3v) is 5.45. The Morgan fingerprint density at radius 1 is 0.667 bits per heavy atom. The standard InChI is InChI=1S/C15H18F3NO4.C15H20F3NO3/c1-15(2,3)23-14(22)19-9(6-13(20)21)4-8-5-11(17)12(18)7-10(8)16;1-15(2,3)22-14(21)19-10(4-5-20)6-9-7-12(17)13(18)8-11(9)16/h5,7,9H,4,6H2,1-3H3,(H,19,22)(H,20,21);7-8,10,20H,4-6H2,1-3H3,(H,19,21)/t9-;10-/m10/s1. The molecule has 0 radical (unpaired) electrons. The van der Waals surface area contributed by atoms with Crippen LogP contribution in [0.4, 0.5) is 35.9 Å². The van der Waals surface area contributed by atoms with Gasteiger partial charge in [-0.2, -0.15) is 0 Å². The third-order valence-electron chi connectivity index (χ3n) is 5.45. The lowest BCUT2D eigenvalue weighted by Gasteiger charge is -2.23. The van der Waals surface area contributed by atoms with Gasteiger partial charge >= 0.3 is 18.2 Å². The number of alkyl carbamates (subject to hydrolysis) is 2. The maximum absolute atomic E-state index is 13.6. The molecule has 2 aromatic carbocycles. The van der Waals surface area contributed by atoms with Crippen LogP contribution in [-0.4, -0.2) is 58.3 Å². The largest absolute Gasteiger partial charge is 0.481 e. The average Bonchev–Trinajstić information content (AvgIpc) is 2.83. The van der Waals surface area contributed by atoms with E-state index in [9.17, 15) is 40.7 Å². The molecule has 0 aliphatic carbocycles. The van der Waals surface area contributed by atoms with Crippen molar-refractivity contribution in [2.75, 3.05) is 6.61 Å². The Kier molecular flexibility index (Phi) is 14.6. The van der Waals surface area contributed by atoms with E-state index >= 15 is 0 Å². The van der Waals surface area contributed by atoms with Gasteiger partial charge in [-0.05, 0) is 84.1 Å². The van der Waals surface area contributed by atoms with E-state index in [1.165, 1.54) is 0 Å². The number of aliphatic carboxylic acids is 1. The second-order valence-electron chi connectivity index (χ2n) is 11.9. The zero-order valence-corrected chi connectivity index (χ0v) is 25.7. The summed E-state index contributed by atoms with van der Waals surface area (Å²) in [5.41, 5.74) is -1.84. The molecular formula is C30H38F6N2O7. The van der Waals surface area contributed by atoms with Crippen LogP contribution in [0.5, 0.6) is 0 Å². The smallest absolute Gasteiger partial charge is 0.407 e. The molecule has 0 aliphatic rings. The zero-order valence-electron chi connectivity index (χ0n) is 25.7. The van der Waals surface area contributed by atoms with Crippen LogP contribution in [-0.2, 0) is 27.1 Å². The molecular weight excluding hydrogens is 614 g/mol. The van der Waals surface area contributed by atoms with Crippen molar-refractivity contribution < 1.29 is 60.4 Å². The number of aliphatic hydroxyl groups excluding tert-OH is 1. The lowest BCUT2D eigenvalue weighted by molar-refractivity contribution is -0.137. The van der Waals surface area contributed by atoms with E-state index in [0.29, 0.717) is 18.2 Å². The van der Waals surface area contributed by atoms with E-state index in [0.717, 1.165) is 6.07 Å². The fourth-order valence-electron chi connectivity index (χ4n) is 3.69. The van der Waals surface area contributed by atoms with Crippen LogP contribution in [0.1, 0.15) is 65.5 Å². The first-order valence-electron chi connectivity index (χ1n) is 13.7. The van der Waals surface area contributed by atoms with Crippen LogP contribution < -0.4 is 10.6 Å². The van der Waals surface area contributed by atoms with Gasteiger partial charge in [0.15, 0.2) is 23.3 Å². The molecule has 0 bridgehead atoms. The van der Waals surface area contributed by atoms with Crippen LogP contribution in [0.25, 0.3) is 0 Å². The van der Waals surface area contributed by atoms with Gasteiger partial charge in [0, 0.05) is 30.8 Å². The van der Waals surface area contributed by atoms with E-state index in [-0.39, 0.29) is 37.0 Å². The Morgan fingerprint density at radius 2 is 1.02 bits per heavy atom. The molecule has 15 heteroatoms. The highest BCUT2D eigenvalue weighted by Gasteiger charge is 2.24. The van der Waals surface area contributed by atoms with Gasteiger partial charge in [-0.3, -0.25) is 4.79 Å². The molecule has 2 rings (SSSR count). The van der Waals surface area contributed by atoms with Gasteiger partial charge in [0.2, 0.25) is 0 Å². The van der Waals surface area contributed by atoms with Crippen LogP contribution in [0.15, 0.2) is 24.3 Å². The maximum atomic E-state index is 13.6. The van der Waals surface area contributed by atoms with Crippen molar-refractivity contribution in [2.24, 2.45) is 0 Å². The minimum Gasteiger partial charge on any atom is -0.481 e. The normalized spacial score (nSPS) is 12.7. The van der Waals surface area contributed by atoms with E-state index in [4.69, 9.17) is 19.7 Å². The summed E-state index contributed by atoms with van der Waals surface area (Å²) in [4.78, 5) is 34.2. The highest BCUT2D eigenvalue weighted by molar-refractivity contribution is 5.71. The van der Waals surface area contributed by atoms with Crippen molar-refractivity contribution in [3.8, 4) is 0 Å². The molecule has 45 heavy (non-hydrogen) atoms. The fraction of sp³-hybridized carbons (Fsp3) is 0.500. The zero-order chi connectivity index (χ0) is 34.7. The Balaban J connectivity index is 0.000000450. The van der Waals surface area contributed by atoms with Crippen LogP contribution in [0.2, 0.25) is 0 Å². The van der Waals surface area contributed by atoms with Crippen molar-refractivity contribution in [2.45, 2.75) is 90.5 Å². The Bertz CT molecular complexity index is 1330. The molecule has 2 aromatic rings. The number of amides is 2. The number of carboxylic acid groups (broad SMARTS) is 1. The molecule has 252 valence electrons. The topological polar surface area (TPSA) is 134 Å². The van der Waals surface area contributed by atoms with Gasteiger partial charge in [-0.25, -0.2) is 35.9 Å². The van der Waals surface area contributed by atoms with E-state index in [1.807, 2.05) is 0 Å². The van der Waals surface area contributed by atoms with Gasteiger partial charge in [0.1, 0.15) is 22.8 Å². The molecule has 0 heterocycles. The summed E-state index contributed by atoms with van der Waals surface area (Å²) in [6, 6.07) is 0.493. The third kappa shape index (κ3) is 15.5. The molecule has 2 amide bonds. The summed E-state index contributed by atoms with van der Waals surface area (Å²) in [5, 5.41) is 22.6. The molecule has 2 atom stereocenters. The number of aliphatic hydroxyl groups is 1. The quantitative estimate of drug-likeness (QED) is 0.185. The Hall–Kier alpha value is -4.01. The van der Waals surface area contributed by atoms with Gasteiger partial charge in [0.05, 0.1) is 6.42 Å². The highest BCUT2D eigenvalue weighted by atomic mass is 19.2. The molecule has 0 spiro atoms. The molecule has 4 N–H and O–H groups in total. The lowest BCUT2D eigenvalue weighted by Crippen LogP contribution is -2.41. The van der Waals surface area contributed by atoms with Crippen molar-refractivity contribution in [3.63, 3.8) is 0 Å². The summed E-state index contributed by atoms with van der Waals surface area (Å²) in [6.07, 6.45) is -2.44. The summed E-state index contributed by atoms with van der Waals surface area (Å²) in [7, 11) is 0. The van der Waals surface area contributed by atoms with Crippen molar-refractivity contribution in [3.05, 3.63) is 70.3 Å². The maximum Gasteiger partial charge on any atom is 0.407 e. The number of nitrogens with one attached hydrogen (secondary N) is 2. The first-order valence-corrected chi connectivity index (χ1v) is 13.7. The first kappa shape index (κ1) is 39.0. The van der Waals surface area contributed by atoms with Crippen molar-refractivity contribution >= 4 is 18.2 Å². The molecule has 0 aromatic heterocycles. The van der Waals surface area contributed by atoms with Crippen LogP contribution in [0, 0.1) is 34.9 Å². The second-order valence-corrected chi connectivity index (χ2v) is 11.9. The first-order chi connectivity index (χ1) is 20.6. The molecule has 0 saturated heterocycles. The second kappa shape index (κ2) is 16.9. The fourth-order valence-corrected chi connectivity index (χ4v) is 3.69. The summed E-state index contributed by atoms with van der Waals surface area (Å²) < 4.78 is 89.5. The van der Waals surface area contributed by atoms with Gasteiger partial charge in [-0.1, -0.05) is 0 Å². The predicted octanol–water partition coefficient (Wildman–Crippen LogP) is 5.94. The minimum atomic E-state index is -1.35. The number of hydrogen-bond acceptors (Lipinski definition) is 6. The van der Waals surface area contributed by atoms with E-state index in [1.54, 1.807) is 41.5 Å². The summed E-state index contributed by atoms with van der Waals surface area (Å²) in [6.45, 7) is 9.65. The molecule has 0 unspecified atom stereocenters. The molecule has 0 saturated carbocycles. The van der Waals surface area contributed by atoms with E-state index in [2.05, 4.69) is 10.6 Å². The lowest BCUT2D eigenvalue weighted by atomic mass is 10.0. The SMILES string of the molecule is CC(C)(C)OC(=O)N[C@@H](CC(=O)O)Cc1cc(F)c(F)cc1F.CC(C)(C)OC(=O)N[C@@H](CCO)Cc1cc(F)c(F)cc1F. The monoisotopic (exact) mass is 652 g/mol. The van der Waals surface area contributed by atoms with Gasteiger partial charge in [-0.15, -0.1) is 0 Å². The number of hydrogen-bond donors (Lipinski definition) is 4. The summed E-state index contributed by atoms with van der Waals surface area (Å²) >= 11 is 0. The van der Waals surface area contributed by atoms with Gasteiger partial charge < -0.3 is 30.3 Å². The molecule has 9 nitrogen and oxygen atoms in total. The van der Waals surface area contributed by atoms with Crippen molar-refractivity contribution in [1.29, 1.82) is 0 Å². The van der Waals surface area contributed by atoms with Crippen molar-refractivity contribution in [1.82, 2.24) is 10.6 Å². The Labute approximate surface area is 256 Å². The van der Waals surface area contributed by atoms with Crippen LogP contribution >= 0.6 is 0 Å². The number of halogens is 6. The number of carbonyl (C=O) groups is 3. The van der Waals surface area contributed by atoms with E-state index < -0.39 is 82.8 Å². The molecule has 0 aliphatic heterocycles. The van der Waals surface area contributed by atoms with Gasteiger partial charge in [0.25, 0.3) is 0 Å². The number of benzene rings is 2. The average molecular weight is 653 g/mol. The Morgan fingerprint density at radius 3 is 1.38 bits per heavy atom. The number of rotatable bonds is 10. The number of carboxylic acids is 1. The number of carbonyl (C=O) groups excluding carboxylic acids is 2. The highest BCUT2D eigenvalue weighted by Crippen LogP contribution is 2.18. The summed E-state index contributed by atoms with van der Waals surface area (Å²) in [5.74, 6) is -8.22.